The van der Waals surface area contributed by atoms with Crippen molar-refractivity contribution in [1.29, 1.82) is 0 Å². The number of H-pyrrole nitrogens is 1. The molecule has 27 heavy (non-hydrogen) atoms. The van der Waals surface area contributed by atoms with Crippen LogP contribution in [0.5, 0.6) is 0 Å². The van der Waals surface area contributed by atoms with Gasteiger partial charge in [-0.1, -0.05) is 29.8 Å². The molecule has 0 saturated carbocycles. The molecule has 1 heterocycles. The molecular weight excluding hydrogens is 368 g/mol. The lowest BCUT2D eigenvalue weighted by atomic mass is 10.1. The second-order valence-electron chi connectivity index (χ2n) is 5.97. The van der Waals surface area contributed by atoms with Gasteiger partial charge in [-0.05, 0) is 30.5 Å². The van der Waals surface area contributed by atoms with E-state index in [0.29, 0.717) is 23.4 Å². The number of carbonyl (C=O) groups is 1. The molecule has 0 atom stereocenters. The van der Waals surface area contributed by atoms with Gasteiger partial charge < -0.3 is 4.98 Å². The predicted octanol–water partition coefficient (Wildman–Crippen LogP) is 4.20. The van der Waals surface area contributed by atoms with E-state index in [1.165, 1.54) is 30.0 Å². The molecular formula is C19H17ClN4O3. The van der Waals surface area contributed by atoms with E-state index in [1.807, 2.05) is 30.5 Å². The minimum Gasteiger partial charge on any atom is -0.361 e. The third kappa shape index (κ3) is 4.71. The first kappa shape index (κ1) is 18.6. The minimum atomic E-state index is -0.517. The van der Waals surface area contributed by atoms with Crippen LogP contribution in [0.2, 0.25) is 5.02 Å². The standard InChI is InChI=1S/C19H17ClN4O3/c20-17-9-8-15(24(26)27)10-14(17)12-22-23-19(25)7-3-4-13-11-21-18-6-2-1-5-16(13)18/h1-2,5-6,8-12,21H,3-4,7H2,(H,23,25)/b22-12+. The van der Waals surface area contributed by atoms with Crippen molar-refractivity contribution in [3.63, 3.8) is 0 Å². The average Bonchev–Trinajstić information content (AvgIpc) is 3.06. The lowest BCUT2D eigenvalue weighted by Crippen LogP contribution is -2.17. The Hall–Kier alpha value is -3.19. The number of hydrogen-bond donors (Lipinski definition) is 2. The van der Waals surface area contributed by atoms with Crippen LogP contribution in [0.25, 0.3) is 10.9 Å². The molecule has 0 spiro atoms. The first-order valence-corrected chi connectivity index (χ1v) is 8.73. The zero-order chi connectivity index (χ0) is 19.2. The number of hydrazone groups is 1. The molecule has 0 fully saturated rings. The highest BCUT2D eigenvalue weighted by atomic mass is 35.5. The molecule has 3 rings (SSSR count). The molecule has 3 aromatic rings. The van der Waals surface area contributed by atoms with Crippen LogP contribution in [0.15, 0.2) is 53.8 Å². The zero-order valence-electron chi connectivity index (χ0n) is 14.3. The molecule has 0 aliphatic rings. The number of fused-ring (bicyclic) bond motifs is 1. The number of rotatable bonds is 7. The van der Waals surface area contributed by atoms with Crippen LogP contribution in [0, 0.1) is 10.1 Å². The maximum Gasteiger partial charge on any atom is 0.270 e. The van der Waals surface area contributed by atoms with Gasteiger partial charge in [0.1, 0.15) is 0 Å². The fraction of sp³-hybridized carbons (Fsp3) is 0.158. The smallest absolute Gasteiger partial charge is 0.270 e. The minimum absolute atomic E-state index is 0.0918. The summed E-state index contributed by atoms with van der Waals surface area (Å²) in [6, 6.07) is 12.1. The van der Waals surface area contributed by atoms with Gasteiger partial charge in [-0.2, -0.15) is 5.10 Å². The summed E-state index contributed by atoms with van der Waals surface area (Å²) in [4.78, 5) is 25.4. The normalized spacial score (nSPS) is 11.1. The van der Waals surface area contributed by atoms with Gasteiger partial charge in [-0.3, -0.25) is 14.9 Å². The Balaban J connectivity index is 1.50. The van der Waals surface area contributed by atoms with Gasteiger partial charge in [0.2, 0.25) is 5.91 Å². The molecule has 7 nitrogen and oxygen atoms in total. The summed E-state index contributed by atoms with van der Waals surface area (Å²) in [7, 11) is 0. The number of aromatic amines is 1. The van der Waals surface area contributed by atoms with Gasteiger partial charge in [0.15, 0.2) is 0 Å². The number of hydrogen-bond acceptors (Lipinski definition) is 4. The SMILES string of the molecule is O=C(CCCc1c[nH]c2ccccc12)N/N=C/c1cc([N+](=O)[O-])ccc1Cl. The number of benzene rings is 2. The van der Waals surface area contributed by atoms with Crippen LogP contribution in [0.1, 0.15) is 24.0 Å². The van der Waals surface area contributed by atoms with Crippen molar-refractivity contribution in [3.8, 4) is 0 Å². The van der Waals surface area contributed by atoms with Crippen molar-refractivity contribution in [3.05, 3.63) is 74.9 Å². The molecule has 2 aromatic carbocycles. The number of nitro groups is 1. The molecule has 0 saturated heterocycles. The third-order valence-electron chi connectivity index (χ3n) is 4.11. The summed E-state index contributed by atoms with van der Waals surface area (Å²) in [6.07, 6.45) is 5.04. The van der Waals surface area contributed by atoms with E-state index in [0.717, 1.165) is 17.3 Å². The Morgan fingerprint density at radius 3 is 2.93 bits per heavy atom. The second-order valence-corrected chi connectivity index (χ2v) is 6.38. The maximum absolute atomic E-state index is 11.9. The van der Waals surface area contributed by atoms with Gasteiger partial charge >= 0.3 is 0 Å². The van der Waals surface area contributed by atoms with Gasteiger partial charge in [0.05, 0.1) is 11.1 Å². The van der Waals surface area contributed by atoms with Gasteiger partial charge in [-0.15, -0.1) is 0 Å². The molecule has 8 heteroatoms. The molecule has 2 N–H and O–H groups in total. The Labute approximate surface area is 160 Å². The fourth-order valence-electron chi connectivity index (χ4n) is 2.75. The number of non-ortho nitro benzene ring substituents is 1. The maximum atomic E-state index is 11.9. The van der Waals surface area contributed by atoms with E-state index in [-0.39, 0.29) is 11.6 Å². The molecule has 0 aliphatic carbocycles. The van der Waals surface area contributed by atoms with E-state index in [1.54, 1.807) is 0 Å². The van der Waals surface area contributed by atoms with Crippen LogP contribution in [0.4, 0.5) is 5.69 Å². The van der Waals surface area contributed by atoms with E-state index in [4.69, 9.17) is 11.6 Å². The molecule has 0 unspecified atom stereocenters. The lowest BCUT2D eigenvalue weighted by molar-refractivity contribution is -0.384. The van der Waals surface area contributed by atoms with Gasteiger partial charge in [0, 0.05) is 46.2 Å². The number of para-hydroxylation sites is 1. The van der Waals surface area contributed by atoms with Gasteiger partial charge in [-0.25, -0.2) is 5.43 Å². The first-order valence-electron chi connectivity index (χ1n) is 8.35. The second kappa shape index (κ2) is 8.46. The zero-order valence-corrected chi connectivity index (χ0v) is 15.1. The van der Waals surface area contributed by atoms with E-state index in [2.05, 4.69) is 15.5 Å². The lowest BCUT2D eigenvalue weighted by Gasteiger charge is -2.01. The van der Waals surface area contributed by atoms with Crippen molar-refractivity contribution in [1.82, 2.24) is 10.4 Å². The summed E-state index contributed by atoms with van der Waals surface area (Å²) >= 11 is 5.98. The number of nitrogens with zero attached hydrogens (tertiary/aromatic N) is 2. The van der Waals surface area contributed by atoms with Crippen LogP contribution >= 0.6 is 11.6 Å². The first-order chi connectivity index (χ1) is 13.0. The third-order valence-corrected chi connectivity index (χ3v) is 4.45. The summed E-state index contributed by atoms with van der Waals surface area (Å²) in [5.74, 6) is -0.229. The van der Waals surface area contributed by atoms with Crippen molar-refractivity contribution >= 4 is 40.3 Å². The van der Waals surface area contributed by atoms with Crippen LogP contribution in [-0.2, 0) is 11.2 Å². The highest BCUT2D eigenvalue weighted by Gasteiger charge is 2.09. The topological polar surface area (TPSA) is 100 Å². The number of nitrogens with one attached hydrogen (secondary N) is 2. The largest absolute Gasteiger partial charge is 0.361 e. The average molecular weight is 385 g/mol. The highest BCUT2D eigenvalue weighted by Crippen LogP contribution is 2.21. The van der Waals surface area contributed by atoms with E-state index >= 15 is 0 Å². The van der Waals surface area contributed by atoms with Crippen molar-refractivity contribution in [2.45, 2.75) is 19.3 Å². The number of halogens is 1. The number of aromatic nitrogens is 1. The fourth-order valence-corrected chi connectivity index (χ4v) is 2.92. The quantitative estimate of drug-likeness (QED) is 0.362. The Bertz CT molecular complexity index is 1010. The van der Waals surface area contributed by atoms with Crippen LogP contribution < -0.4 is 5.43 Å². The van der Waals surface area contributed by atoms with Gasteiger partial charge in [0.25, 0.3) is 5.69 Å². The Kier molecular flexibility index (Phi) is 5.83. The van der Waals surface area contributed by atoms with E-state index < -0.39 is 4.92 Å². The van der Waals surface area contributed by atoms with Crippen molar-refractivity contribution in [2.24, 2.45) is 5.10 Å². The number of aryl methyl sites for hydroxylation is 1. The summed E-state index contributed by atoms with van der Waals surface area (Å²) < 4.78 is 0. The molecule has 0 aliphatic heterocycles. The van der Waals surface area contributed by atoms with Crippen molar-refractivity contribution in [2.75, 3.05) is 0 Å². The Morgan fingerprint density at radius 1 is 1.30 bits per heavy atom. The molecule has 0 bridgehead atoms. The van der Waals surface area contributed by atoms with Crippen LogP contribution in [0.3, 0.4) is 0 Å². The monoisotopic (exact) mass is 384 g/mol. The highest BCUT2D eigenvalue weighted by molar-refractivity contribution is 6.33. The molecule has 1 amide bonds. The Morgan fingerprint density at radius 2 is 2.11 bits per heavy atom. The van der Waals surface area contributed by atoms with Crippen LogP contribution in [-0.4, -0.2) is 22.0 Å². The molecule has 0 radical (unpaired) electrons. The number of amides is 1. The number of nitro benzene ring substituents is 1. The van der Waals surface area contributed by atoms with E-state index in [9.17, 15) is 14.9 Å². The molecule has 1 aromatic heterocycles. The molecule has 138 valence electrons. The summed E-state index contributed by atoms with van der Waals surface area (Å²) in [6.45, 7) is 0. The number of carbonyl (C=O) groups excluding carboxylic acids is 1. The summed E-state index contributed by atoms with van der Waals surface area (Å²) in [5, 5.41) is 16.1. The van der Waals surface area contributed by atoms with Crippen molar-refractivity contribution < 1.29 is 9.72 Å². The summed E-state index contributed by atoms with van der Waals surface area (Å²) in [5.41, 5.74) is 4.94. The predicted molar refractivity (Wildman–Crippen MR) is 105 cm³/mol.